The van der Waals surface area contributed by atoms with Crippen molar-refractivity contribution >= 4 is 11.5 Å². The number of amidine groups is 1. The summed E-state index contributed by atoms with van der Waals surface area (Å²) in [7, 11) is 0. The minimum absolute atomic E-state index is 0.0657. The van der Waals surface area contributed by atoms with Crippen LogP contribution in [0, 0.1) is 10.1 Å². The van der Waals surface area contributed by atoms with E-state index in [9.17, 15) is 15.2 Å². The van der Waals surface area contributed by atoms with Gasteiger partial charge in [0.1, 0.15) is 11.3 Å². The minimum atomic E-state index is -0.648. The fraction of sp³-hybridized carbons (Fsp3) is 0. The summed E-state index contributed by atoms with van der Waals surface area (Å²) in [5, 5.41) is 24.3. The third-order valence-electron chi connectivity index (χ3n) is 2.38. The zero-order valence-electron chi connectivity index (χ0n) is 9.85. The Morgan fingerprint density at radius 2 is 1.74 bits per heavy atom. The lowest BCUT2D eigenvalue weighted by Gasteiger charge is -2.01. The third kappa shape index (κ3) is 3.06. The van der Waals surface area contributed by atoms with E-state index in [0.717, 1.165) is 0 Å². The Morgan fingerprint density at radius 1 is 1.11 bits per heavy atom. The maximum atomic E-state index is 11.0. The van der Waals surface area contributed by atoms with Crippen molar-refractivity contribution in [2.45, 2.75) is 0 Å². The number of phenolic OH excluding ortho intramolecular Hbond substituents is 1. The molecule has 0 heterocycles. The monoisotopic (exact) mass is 257 g/mol. The number of phenols is 1. The molecule has 6 nitrogen and oxygen atoms in total. The fourth-order valence-corrected chi connectivity index (χ4v) is 1.49. The van der Waals surface area contributed by atoms with Crippen LogP contribution >= 0.6 is 0 Å². The molecule has 0 aliphatic heterocycles. The van der Waals surface area contributed by atoms with Crippen LogP contribution in [-0.4, -0.2) is 15.9 Å². The van der Waals surface area contributed by atoms with Crippen LogP contribution in [0.5, 0.6) is 5.75 Å². The van der Waals surface area contributed by atoms with Gasteiger partial charge in [0.15, 0.2) is 0 Å². The molecule has 2 aromatic rings. The Morgan fingerprint density at radius 3 is 2.37 bits per heavy atom. The van der Waals surface area contributed by atoms with Gasteiger partial charge in [-0.25, -0.2) is 0 Å². The van der Waals surface area contributed by atoms with Crippen LogP contribution in [0.25, 0.3) is 0 Å². The topological polar surface area (TPSA) is 87.8 Å². The average Bonchev–Trinajstić information content (AvgIpc) is 2.42. The summed E-state index contributed by atoms with van der Waals surface area (Å²) >= 11 is 0. The Labute approximate surface area is 109 Å². The van der Waals surface area contributed by atoms with E-state index >= 15 is 0 Å². The first-order valence-corrected chi connectivity index (χ1v) is 5.50. The highest BCUT2D eigenvalue weighted by molar-refractivity contribution is 5.95. The van der Waals surface area contributed by atoms with Crippen LogP contribution in [0.4, 0.5) is 5.69 Å². The second kappa shape index (κ2) is 5.63. The largest absolute Gasteiger partial charge is 0.507 e. The van der Waals surface area contributed by atoms with Crippen LogP contribution in [0.3, 0.4) is 0 Å². The molecule has 0 radical (unpaired) electrons. The molecule has 0 aromatic heterocycles. The van der Waals surface area contributed by atoms with Crippen LogP contribution in [0.15, 0.2) is 59.7 Å². The van der Waals surface area contributed by atoms with Crippen molar-refractivity contribution in [2.24, 2.45) is 5.10 Å². The molecule has 0 atom stereocenters. The molecule has 0 aliphatic rings. The smallest absolute Gasteiger partial charge is 0.399 e. The minimum Gasteiger partial charge on any atom is -0.507 e. The van der Waals surface area contributed by atoms with Crippen molar-refractivity contribution < 1.29 is 10.0 Å². The van der Waals surface area contributed by atoms with Crippen LogP contribution in [-0.2, 0) is 0 Å². The molecule has 19 heavy (non-hydrogen) atoms. The van der Waals surface area contributed by atoms with E-state index in [4.69, 9.17) is 0 Å². The highest BCUT2D eigenvalue weighted by Gasteiger charge is 2.20. The first-order chi connectivity index (χ1) is 9.18. The Bertz CT molecular complexity index is 612. The molecule has 0 spiro atoms. The molecule has 2 N–H and O–H groups in total. The van der Waals surface area contributed by atoms with Gasteiger partial charge in [-0.3, -0.25) is 0 Å². The van der Waals surface area contributed by atoms with Gasteiger partial charge in [-0.15, -0.1) is 0 Å². The van der Waals surface area contributed by atoms with Crippen LogP contribution in [0.2, 0.25) is 0 Å². The predicted molar refractivity (Wildman–Crippen MR) is 71.7 cm³/mol. The van der Waals surface area contributed by atoms with E-state index in [1.807, 2.05) is 6.07 Å². The first-order valence-electron chi connectivity index (χ1n) is 5.50. The maximum Gasteiger partial charge on any atom is 0.399 e. The van der Waals surface area contributed by atoms with Crippen molar-refractivity contribution in [3.8, 4) is 5.75 Å². The van der Waals surface area contributed by atoms with Gasteiger partial charge < -0.3 is 15.2 Å². The molecular formula is C13H11N3O3. The van der Waals surface area contributed by atoms with Gasteiger partial charge in [-0.05, 0) is 29.2 Å². The van der Waals surface area contributed by atoms with Gasteiger partial charge >= 0.3 is 5.84 Å². The number of nitrogens with one attached hydrogen (secondary N) is 1. The molecule has 6 heteroatoms. The number of hydrazone groups is 1. The lowest BCUT2D eigenvalue weighted by atomic mass is 10.2. The van der Waals surface area contributed by atoms with Gasteiger partial charge in [0.05, 0.1) is 10.8 Å². The SMILES string of the molecule is O=[N+]([O-])/C(=N\Nc1ccccc1)c1ccccc1O. The van der Waals surface area contributed by atoms with E-state index in [0.29, 0.717) is 5.69 Å². The number of hydrogen-bond donors (Lipinski definition) is 2. The number of anilines is 1. The number of rotatable bonds is 3. The molecule has 0 aliphatic carbocycles. The highest BCUT2D eigenvalue weighted by atomic mass is 16.6. The van der Waals surface area contributed by atoms with Crippen molar-refractivity contribution in [3.63, 3.8) is 0 Å². The van der Waals surface area contributed by atoms with Gasteiger partial charge in [-0.2, -0.15) is 5.43 Å². The fourth-order valence-electron chi connectivity index (χ4n) is 1.49. The van der Waals surface area contributed by atoms with Crippen molar-refractivity contribution in [2.75, 3.05) is 5.43 Å². The Balaban J connectivity index is 2.31. The number of nitro groups is 1. The van der Waals surface area contributed by atoms with Crippen LogP contribution in [0.1, 0.15) is 5.56 Å². The predicted octanol–water partition coefficient (Wildman–Crippen LogP) is 2.44. The van der Waals surface area contributed by atoms with Gasteiger partial charge in [0.25, 0.3) is 0 Å². The normalized spacial score (nSPS) is 11.1. The number of hydrogen-bond acceptors (Lipinski definition) is 5. The molecule has 2 rings (SSSR count). The lowest BCUT2D eigenvalue weighted by molar-refractivity contribution is -0.349. The van der Waals surface area contributed by atoms with Gasteiger partial charge in [0, 0.05) is 0 Å². The molecule has 0 unspecified atom stereocenters. The number of para-hydroxylation sites is 2. The zero-order valence-corrected chi connectivity index (χ0v) is 9.85. The molecule has 2 aromatic carbocycles. The summed E-state index contributed by atoms with van der Waals surface area (Å²) in [4.78, 5) is 10.3. The molecular weight excluding hydrogens is 246 g/mol. The second-order valence-corrected chi connectivity index (χ2v) is 3.69. The standard InChI is InChI=1S/C13H11N3O3/c17-12-9-5-4-8-11(12)13(16(18)19)15-14-10-6-2-1-3-7-10/h1-9,14,17H/b15-13-. The maximum absolute atomic E-state index is 11.0. The number of aromatic hydroxyl groups is 1. The average molecular weight is 257 g/mol. The van der Waals surface area contributed by atoms with E-state index in [2.05, 4.69) is 10.5 Å². The summed E-state index contributed by atoms with van der Waals surface area (Å²) in [6, 6.07) is 14.8. The van der Waals surface area contributed by atoms with Gasteiger partial charge in [0.2, 0.25) is 0 Å². The van der Waals surface area contributed by atoms with Crippen molar-refractivity contribution in [3.05, 3.63) is 70.3 Å². The summed E-state index contributed by atoms with van der Waals surface area (Å²) in [6.45, 7) is 0. The zero-order chi connectivity index (χ0) is 13.7. The van der Waals surface area contributed by atoms with E-state index < -0.39 is 10.8 Å². The molecule has 0 bridgehead atoms. The molecule has 0 amide bonds. The van der Waals surface area contributed by atoms with Crippen molar-refractivity contribution in [1.29, 1.82) is 0 Å². The van der Waals surface area contributed by atoms with Gasteiger partial charge in [-0.1, -0.05) is 30.3 Å². The number of nitrogens with zero attached hydrogens (tertiary/aromatic N) is 2. The summed E-state index contributed by atoms with van der Waals surface area (Å²) < 4.78 is 0. The Hall–Kier alpha value is -2.89. The Kier molecular flexibility index (Phi) is 3.72. The van der Waals surface area contributed by atoms with Crippen molar-refractivity contribution in [1.82, 2.24) is 0 Å². The van der Waals surface area contributed by atoms with E-state index in [1.54, 1.807) is 36.4 Å². The summed E-state index contributed by atoms with van der Waals surface area (Å²) in [5.74, 6) is -0.630. The lowest BCUT2D eigenvalue weighted by Crippen LogP contribution is -2.15. The highest BCUT2D eigenvalue weighted by Crippen LogP contribution is 2.17. The molecule has 0 saturated carbocycles. The summed E-state index contributed by atoms with van der Waals surface area (Å²) in [5.41, 5.74) is 3.28. The molecule has 0 saturated heterocycles. The molecule has 96 valence electrons. The van der Waals surface area contributed by atoms with E-state index in [1.165, 1.54) is 12.1 Å². The molecule has 0 fully saturated rings. The number of benzene rings is 2. The van der Waals surface area contributed by atoms with E-state index in [-0.39, 0.29) is 11.3 Å². The quantitative estimate of drug-likeness (QED) is 0.382. The summed E-state index contributed by atoms with van der Waals surface area (Å²) in [6.07, 6.45) is 0. The van der Waals surface area contributed by atoms with Crippen LogP contribution < -0.4 is 5.43 Å². The third-order valence-corrected chi connectivity index (χ3v) is 2.38. The first kappa shape index (κ1) is 12.6. The second-order valence-electron chi connectivity index (χ2n) is 3.69.